The van der Waals surface area contributed by atoms with Gasteiger partial charge in [0.25, 0.3) is 0 Å². The van der Waals surface area contributed by atoms with Gasteiger partial charge in [0, 0.05) is 18.3 Å². The fraction of sp³-hybridized carbons (Fsp3) is 0.111. The number of benzene rings is 2. The van der Waals surface area contributed by atoms with E-state index in [0.717, 1.165) is 28.3 Å². The third-order valence-corrected chi connectivity index (χ3v) is 3.50. The molecule has 5 heteroatoms. The number of rotatable bonds is 5. The van der Waals surface area contributed by atoms with Crippen molar-refractivity contribution < 1.29 is 4.74 Å². The highest BCUT2D eigenvalue weighted by Gasteiger charge is 2.15. The van der Waals surface area contributed by atoms with E-state index in [4.69, 9.17) is 10.1 Å². The van der Waals surface area contributed by atoms with Crippen molar-refractivity contribution in [3.63, 3.8) is 0 Å². The Morgan fingerprint density at radius 3 is 2.30 bits per heavy atom. The van der Waals surface area contributed by atoms with E-state index < -0.39 is 0 Å². The minimum Gasteiger partial charge on any atom is -0.457 e. The van der Waals surface area contributed by atoms with Gasteiger partial charge >= 0.3 is 0 Å². The second kappa shape index (κ2) is 6.36. The van der Waals surface area contributed by atoms with Gasteiger partial charge in [0.1, 0.15) is 11.5 Å². The van der Waals surface area contributed by atoms with Gasteiger partial charge in [-0.05, 0) is 43.3 Å². The van der Waals surface area contributed by atoms with Crippen molar-refractivity contribution >= 4 is 11.5 Å². The standard InChI is InChI=1S/C18H18N4O/c1-12(19)16-17(21-22-18(16)20-2)13-8-10-15(11-9-13)23-14-6-4-3-5-7-14/h3-11,19H,1-2H3,(H2,20,21,22). The van der Waals surface area contributed by atoms with Gasteiger partial charge in [-0.25, -0.2) is 0 Å². The molecule has 0 spiro atoms. The van der Waals surface area contributed by atoms with Crippen LogP contribution in [0.5, 0.6) is 11.5 Å². The van der Waals surface area contributed by atoms with E-state index in [2.05, 4.69) is 15.5 Å². The first-order chi connectivity index (χ1) is 11.2. The topological polar surface area (TPSA) is 73.8 Å². The van der Waals surface area contributed by atoms with Crippen LogP contribution < -0.4 is 10.1 Å². The molecule has 1 heterocycles. The molecule has 116 valence electrons. The van der Waals surface area contributed by atoms with Crippen LogP contribution in [0.1, 0.15) is 12.5 Å². The van der Waals surface area contributed by atoms with E-state index in [1.165, 1.54) is 0 Å². The van der Waals surface area contributed by atoms with E-state index in [1.807, 2.05) is 54.6 Å². The van der Waals surface area contributed by atoms with Crippen LogP contribution in [0.4, 0.5) is 5.82 Å². The van der Waals surface area contributed by atoms with Crippen LogP contribution >= 0.6 is 0 Å². The molecule has 5 nitrogen and oxygen atoms in total. The SMILES string of the molecule is CNc1n[nH]c(-c2ccc(Oc3ccccc3)cc2)c1C(C)=N. The van der Waals surface area contributed by atoms with Crippen LogP contribution in [-0.2, 0) is 0 Å². The maximum atomic E-state index is 7.95. The Kier molecular flexibility index (Phi) is 4.10. The summed E-state index contributed by atoms with van der Waals surface area (Å²) >= 11 is 0. The summed E-state index contributed by atoms with van der Waals surface area (Å²) in [7, 11) is 1.79. The first kappa shape index (κ1) is 14.8. The second-order valence-corrected chi connectivity index (χ2v) is 5.14. The van der Waals surface area contributed by atoms with Crippen molar-refractivity contribution in [1.29, 1.82) is 5.41 Å². The number of aromatic amines is 1. The van der Waals surface area contributed by atoms with Gasteiger partial charge in [0.05, 0.1) is 11.3 Å². The van der Waals surface area contributed by atoms with Crippen LogP contribution in [0.15, 0.2) is 54.6 Å². The van der Waals surface area contributed by atoms with E-state index in [1.54, 1.807) is 14.0 Å². The Labute approximate surface area is 134 Å². The zero-order valence-corrected chi connectivity index (χ0v) is 13.1. The lowest BCUT2D eigenvalue weighted by Crippen LogP contribution is -1.99. The first-order valence-electron chi connectivity index (χ1n) is 7.34. The first-order valence-corrected chi connectivity index (χ1v) is 7.34. The molecule has 0 saturated heterocycles. The zero-order chi connectivity index (χ0) is 16.2. The van der Waals surface area contributed by atoms with Gasteiger partial charge in [-0.1, -0.05) is 18.2 Å². The highest BCUT2D eigenvalue weighted by Crippen LogP contribution is 2.29. The summed E-state index contributed by atoms with van der Waals surface area (Å²) in [5, 5.41) is 18.2. The molecule has 0 radical (unpaired) electrons. The molecule has 0 aliphatic rings. The maximum Gasteiger partial charge on any atom is 0.157 e. The van der Waals surface area contributed by atoms with Crippen molar-refractivity contribution in [2.45, 2.75) is 6.92 Å². The molecular weight excluding hydrogens is 288 g/mol. The van der Waals surface area contributed by atoms with Crippen LogP contribution in [-0.4, -0.2) is 23.0 Å². The molecule has 0 atom stereocenters. The molecule has 0 saturated carbocycles. The third kappa shape index (κ3) is 3.08. The average Bonchev–Trinajstić information content (AvgIpc) is 3.01. The molecule has 0 aliphatic heterocycles. The molecule has 3 N–H and O–H groups in total. The predicted octanol–water partition coefficient (Wildman–Crippen LogP) is 4.30. The molecule has 0 bridgehead atoms. The monoisotopic (exact) mass is 306 g/mol. The Morgan fingerprint density at radius 1 is 1.04 bits per heavy atom. The summed E-state index contributed by atoms with van der Waals surface area (Å²) in [5.74, 6) is 2.24. The Morgan fingerprint density at radius 2 is 1.70 bits per heavy atom. The molecule has 0 fully saturated rings. The Balaban J connectivity index is 1.88. The van der Waals surface area contributed by atoms with Crippen molar-refractivity contribution in [2.75, 3.05) is 12.4 Å². The molecule has 0 aliphatic carbocycles. The lowest BCUT2D eigenvalue weighted by Gasteiger charge is -2.07. The normalized spacial score (nSPS) is 10.3. The quantitative estimate of drug-likeness (QED) is 0.615. The highest BCUT2D eigenvalue weighted by atomic mass is 16.5. The molecule has 3 aromatic rings. The summed E-state index contributed by atoms with van der Waals surface area (Å²) in [5.41, 5.74) is 3.03. The summed E-state index contributed by atoms with van der Waals surface area (Å²) in [6.45, 7) is 1.75. The fourth-order valence-corrected chi connectivity index (χ4v) is 2.41. The van der Waals surface area contributed by atoms with Crippen LogP contribution in [0.25, 0.3) is 11.3 Å². The van der Waals surface area contributed by atoms with Gasteiger partial charge < -0.3 is 15.5 Å². The number of anilines is 1. The zero-order valence-electron chi connectivity index (χ0n) is 13.1. The molecule has 0 amide bonds. The fourth-order valence-electron chi connectivity index (χ4n) is 2.41. The van der Waals surface area contributed by atoms with E-state index >= 15 is 0 Å². The van der Waals surface area contributed by atoms with Crippen molar-refractivity contribution in [2.24, 2.45) is 0 Å². The summed E-state index contributed by atoms with van der Waals surface area (Å²) in [6, 6.07) is 17.4. The van der Waals surface area contributed by atoms with Crippen molar-refractivity contribution in [3.8, 4) is 22.8 Å². The lowest BCUT2D eigenvalue weighted by atomic mass is 10.0. The van der Waals surface area contributed by atoms with E-state index in [0.29, 0.717) is 11.5 Å². The Bertz CT molecular complexity index is 807. The number of H-pyrrole nitrogens is 1. The van der Waals surface area contributed by atoms with Gasteiger partial charge in [-0.3, -0.25) is 5.10 Å². The molecule has 23 heavy (non-hydrogen) atoms. The largest absolute Gasteiger partial charge is 0.457 e. The van der Waals surface area contributed by atoms with Gasteiger partial charge in [0.2, 0.25) is 0 Å². The van der Waals surface area contributed by atoms with Crippen LogP contribution in [0.3, 0.4) is 0 Å². The summed E-state index contributed by atoms with van der Waals surface area (Å²) < 4.78 is 5.79. The van der Waals surface area contributed by atoms with Gasteiger partial charge in [0.15, 0.2) is 5.82 Å². The van der Waals surface area contributed by atoms with Crippen molar-refractivity contribution in [3.05, 3.63) is 60.2 Å². The number of hydrogen-bond donors (Lipinski definition) is 3. The van der Waals surface area contributed by atoms with Gasteiger partial charge in [-0.2, -0.15) is 5.10 Å². The minimum absolute atomic E-state index is 0.461. The van der Waals surface area contributed by atoms with E-state index in [9.17, 15) is 0 Å². The second-order valence-electron chi connectivity index (χ2n) is 5.14. The lowest BCUT2D eigenvalue weighted by molar-refractivity contribution is 0.483. The summed E-state index contributed by atoms with van der Waals surface area (Å²) in [4.78, 5) is 0. The van der Waals surface area contributed by atoms with E-state index in [-0.39, 0.29) is 0 Å². The van der Waals surface area contributed by atoms with Crippen LogP contribution in [0.2, 0.25) is 0 Å². The number of hydrogen-bond acceptors (Lipinski definition) is 4. The van der Waals surface area contributed by atoms with Crippen LogP contribution in [0, 0.1) is 5.41 Å². The molecule has 0 unspecified atom stereocenters. The highest BCUT2D eigenvalue weighted by molar-refractivity contribution is 6.05. The number of para-hydroxylation sites is 1. The average molecular weight is 306 g/mol. The smallest absolute Gasteiger partial charge is 0.157 e. The minimum atomic E-state index is 0.461. The Hall–Kier alpha value is -3.08. The molecule has 3 rings (SSSR count). The third-order valence-electron chi connectivity index (χ3n) is 3.50. The predicted molar refractivity (Wildman–Crippen MR) is 92.6 cm³/mol. The number of ether oxygens (including phenoxy) is 1. The summed E-state index contributed by atoms with van der Waals surface area (Å²) in [6.07, 6.45) is 0. The molecule has 1 aromatic heterocycles. The molecular formula is C18H18N4O. The number of nitrogens with zero attached hydrogens (tertiary/aromatic N) is 1. The molecule has 2 aromatic carbocycles. The maximum absolute atomic E-state index is 7.95. The van der Waals surface area contributed by atoms with Gasteiger partial charge in [-0.15, -0.1) is 0 Å². The number of aromatic nitrogens is 2. The number of nitrogens with one attached hydrogen (secondary N) is 3. The van der Waals surface area contributed by atoms with Crippen molar-refractivity contribution in [1.82, 2.24) is 10.2 Å².